The molecule has 2 amide bonds. The number of hydrogen-bond acceptors (Lipinski definition) is 6. The molecule has 9 nitrogen and oxygen atoms in total. The van der Waals surface area contributed by atoms with E-state index >= 15 is 0 Å². The minimum absolute atomic E-state index is 0.0736. The maximum atomic E-state index is 13.3. The van der Waals surface area contributed by atoms with Crippen molar-refractivity contribution >= 4 is 23.8 Å². The van der Waals surface area contributed by atoms with Crippen LogP contribution in [0, 0.1) is 11.8 Å². The zero-order chi connectivity index (χ0) is 31.2. The van der Waals surface area contributed by atoms with Gasteiger partial charge in [-0.1, -0.05) is 102 Å². The smallest absolute Gasteiger partial charge is 0.325 e. The molecule has 9 heteroatoms. The van der Waals surface area contributed by atoms with Crippen LogP contribution in [-0.4, -0.2) is 53.1 Å². The molecule has 0 aromatic heterocycles. The number of nitrogens with two attached hydrogens (primary N) is 1. The van der Waals surface area contributed by atoms with Gasteiger partial charge >= 0.3 is 11.9 Å². The number of carboxylic acid groups (broad SMARTS) is 1. The topological polar surface area (TPSA) is 148 Å². The van der Waals surface area contributed by atoms with E-state index in [0.717, 1.165) is 36.0 Å². The van der Waals surface area contributed by atoms with Crippen LogP contribution >= 0.6 is 0 Å². The molecule has 0 aliphatic rings. The van der Waals surface area contributed by atoms with Gasteiger partial charge in [0.15, 0.2) is 0 Å². The summed E-state index contributed by atoms with van der Waals surface area (Å²) >= 11 is 0. The van der Waals surface area contributed by atoms with E-state index in [1.165, 1.54) is 6.92 Å². The number of benzene rings is 2. The molecule has 230 valence electrons. The van der Waals surface area contributed by atoms with Crippen LogP contribution in [-0.2, 0) is 30.3 Å². The molecule has 6 atom stereocenters. The third-order valence-electron chi connectivity index (χ3n) is 7.71. The van der Waals surface area contributed by atoms with Gasteiger partial charge < -0.3 is 26.2 Å². The molecule has 0 spiro atoms. The van der Waals surface area contributed by atoms with E-state index in [9.17, 15) is 24.3 Å². The number of carbonyl (C=O) groups excluding carboxylic acids is 3. The summed E-state index contributed by atoms with van der Waals surface area (Å²) in [5.41, 5.74) is 8.94. The number of amides is 2. The van der Waals surface area contributed by atoms with Gasteiger partial charge in [0.2, 0.25) is 11.8 Å². The van der Waals surface area contributed by atoms with Crippen molar-refractivity contribution in [2.75, 3.05) is 0 Å². The average Bonchev–Trinajstić information content (AvgIpc) is 2.98. The molecular weight excluding hydrogens is 534 g/mol. The Morgan fingerprint density at radius 3 is 2.07 bits per heavy atom. The van der Waals surface area contributed by atoms with Gasteiger partial charge in [0.05, 0.1) is 6.42 Å². The molecule has 0 unspecified atom stereocenters. The Kier molecular flexibility index (Phi) is 14.2. The Bertz CT molecular complexity index is 1150. The summed E-state index contributed by atoms with van der Waals surface area (Å²) in [5, 5.41) is 14.5. The lowest BCUT2D eigenvalue weighted by molar-refractivity contribution is -0.156. The Hall–Kier alpha value is -3.72. The largest absolute Gasteiger partial charge is 0.480 e. The van der Waals surface area contributed by atoms with Crippen LogP contribution in [0.25, 0.3) is 11.1 Å². The van der Waals surface area contributed by atoms with Crippen LogP contribution in [0.3, 0.4) is 0 Å². The lowest BCUT2D eigenvalue weighted by Gasteiger charge is -2.27. The minimum Gasteiger partial charge on any atom is -0.480 e. The molecule has 2 aromatic carbocycles. The van der Waals surface area contributed by atoms with Crippen molar-refractivity contribution in [3.8, 4) is 11.1 Å². The first-order chi connectivity index (χ1) is 20.0. The second kappa shape index (κ2) is 17.3. The van der Waals surface area contributed by atoms with Crippen LogP contribution in [0.5, 0.6) is 0 Å². The van der Waals surface area contributed by atoms with Crippen LogP contribution in [0.2, 0.25) is 0 Å². The van der Waals surface area contributed by atoms with Crippen LogP contribution in [0.15, 0.2) is 54.6 Å². The molecule has 42 heavy (non-hydrogen) atoms. The summed E-state index contributed by atoms with van der Waals surface area (Å²) in [6.07, 6.45) is 2.62. The highest BCUT2D eigenvalue weighted by Crippen LogP contribution is 2.22. The minimum atomic E-state index is -1.19. The second-order valence-electron chi connectivity index (χ2n) is 11.2. The van der Waals surface area contributed by atoms with Crippen molar-refractivity contribution in [1.82, 2.24) is 10.6 Å². The van der Waals surface area contributed by atoms with E-state index in [2.05, 4.69) is 17.6 Å². The number of ether oxygens (including phenoxy) is 1. The second-order valence-corrected chi connectivity index (χ2v) is 11.2. The first-order valence-electron chi connectivity index (χ1n) is 14.9. The predicted octanol–water partition coefficient (Wildman–Crippen LogP) is 4.47. The molecule has 0 radical (unpaired) electrons. The number of hydrogen-bond donors (Lipinski definition) is 4. The van der Waals surface area contributed by atoms with Crippen LogP contribution in [0.1, 0.15) is 72.3 Å². The summed E-state index contributed by atoms with van der Waals surface area (Å²) in [6, 6.07) is 14.5. The third-order valence-corrected chi connectivity index (χ3v) is 7.71. The predicted molar refractivity (Wildman–Crippen MR) is 163 cm³/mol. The van der Waals surface area contributed by atoms with Gasteiger partial charge in [-0.15, -0.1) is 0 Å². The SMILES string of the molecule is CCCC[C@H](C)[C@H](CC(=O)N[C@@H](Cc1ccc(-c2ccccc2)cc1)C(=O)N[C@@H](C)C(=O)O)OC(=O)[C@H](N)[C@@H](C)CC. The zero-order valence-electron chi connectivity index (χ0n) is 25.5. The fourth-order valence-electron chi connectivity index (χ4n) is 4.51. The Morgan fingerprint density at radius 1 is 0.881 bits per heavy atom. The highest BCUT2D eigenvalue weighted by molar-refractivity contribution is 5.90. The number of rotatable bonds is 17. The van der Waals surface area contributed by atoms with Gasteiger partial charge in [0.25, 0.3) is 0 Å². The maximum Gasteiger partial charge on any atom is 0.325 e. The molecule has 2 aromatic rings. The monoisotopic (exact) mass is 581 g/mol. The van der Waals surface area contributed by atoms with Crippen molar-refractivity contribution in [1.29, 1.82) is 0 Å². The lowest BCUT2D eigenvalue weighted by atomic mass is 9.94. The number of carbonyl (C=O) groups is 4. The standard InChI is InChI=1S/C33H47N3O6/c1-6-8-12-22(4)28(42-33(41)30(34)21(3)7-2)20-29(37)36-27(31(38)35-23(5)32(39)40)19-24-15-17-26(18-16-24)25-13-10-9-11-14-25/h9-11,13-18,21-23,27-28,30H,6-8,12,19-20,34H2,1-5H3,(H,35,38)(H,36,37)(H,39,40)/t21-,22-,23-,27-,28-,30+/m0/s1. The molecule has 0 aliphatic heterocycles. The molecular formula is C33H47N3O6. The lowest BCUT2D eigenvalue weighted by Crippen LogP contribution is -2.52. The highest BCUT2D eigenvalue weighted by Gasteiger charge is 2.31. The maximum absolute atomic E-state index is 13.3. The number of aliphatic carboxylic acids is 1. The molecule has 0 heterocycles. The van der Waals surface area contributed by atoms with E-state index in [1.54, 1.807) is 0 Å². The fourth-order valence-corrected chi connectivity index (χ4v) is 4.51. The van der Waals surface area contributed by atoms with E-state index < -0.39 is 48.0 Å². The van der Waals surface area contributed by atoms with Gasteiger partial charge in [-0.3, -0.25) is 19.2 Å². The van der Waals surface area contributed by atoms with Crippen molar-refractivity contribution in [3.63, 3.8) is 0 Å². The number of carboxylic acids is 1. The highest BCUT2D eigenvalue weighted by atomic mass is 16.5. The van der Waals surface area contributed by atoms with Crippen molar-refractivity contribution in [3.05, 3.63) is 60.2 Å². The average molecular weight is 582 g/mol. The first kappa shape index (κ1) is 34.5. The van der Waals surface area contributed by atoms with Crippen molar-refractivity contribution in [2.45, 2.75) is 97.4 Å². The fraction of sp³-hybridized carbons (Fsp3) is 0.515. The van der Waals surface area contributed by atoms with E-state index in [1.807, 2.05) is 75.4 Å². The van der Waals surface area contributed by atoms with E-state index in [4.69, 9.17) is 10.5 Å². The van der Waals surface area contributed by atoms with Gasteiger partial charge in [-0.25, -0.2) is 0 Å². The van der Waals surface area contributed by atoms with Crippen LogP contribution in [0.4, 0.5) is 0 Å². The van der Waals surface area contributed by atoms with E-state index in [-0.39, 0.29) is 24.7 Å². The van der Waals surface area contributed by atoms with Crippen molar-refractivity contribution in [2.24, 2.45) is 17.6 Å². The Balaban J connectivity index is 2.22. The third kappa shape index (κ3) is 10.9. The number of unbranched alkanes of at least 4 members (excludes halogenated alkanes) is 1. The molecule has 2 rings (SSSR count). The Morgan fingerprint density at radius 2 is 1.50 bits per heavy atom. The summed E-state index contributed by atoms with van der Waals surface area (Å²) in [6.45, 7) is 9.18. The summed E-state index contributed by atoms with van der Waals surface area (Å²) in [5.74, 6) is -3.00. The van der Waals surface area contributed by atoms with Crippen LogP contribution < -0.4 is 16.4 Å². The molecule has 0 bridgehead atoms. The van der Waals surface area contributed by atoms with Gasteiger partial charge in [0.1, 0.15) is 24.2 Å². The normalized spacial score (nSPS) is 15.4. The number of esters is 1. The molecule has 0 saturated carbocycles. The van der Waals surface area contributed by atoms with Gasteiger partial charge in [0, 0.05) is 6.42 Å². The van der Waals surface area contributed by atoms with E-state index in [0.29, 0.717) is 6.42 Å². The number of nitrogens with one attached hydrogen (secondary N) is 2. The summed E-state index contributed by atoms with van der Waals surface area (Å²) in [7, 11) is 0. The summed E-state index contributed by atoms with van der Waals surface area (Å²) in [4.78, 5) is 50.6. The molecule has 0 saturated heterocycles. The Labute approximate surface area is 249 Å². The zero-order valence-corrected chi connectivity index (χ0v) is 25.5. The van der Waals surface area contributed by atoms with Crippen molar-refractivity contribution < 1.29 is 29.0 Å². The molecule has 0 fully saturated rings. The molecule has 0 aliphatic carbocycles. The summed E-state index contributed by atoms with van der Waals surface area (Å²) < 4.78 is 5.77. The first-order valence-corrected chi connectivity index (χ1v) is 14.9. The van der Waals surface area contributed by atoms with Gasteiger partial charge in [-0.2, -0.15) is 0 Å². The molecule has 5 N–H and O–H groups in total. The quantitative estimate of drug-likeness (QED) is 0.202. The van der Waals surface area contributed by atoms with Gasteiger partial charge in [-0.05, 0) is 41.9 Å².